The van der Waals surface area contributed by atoms with Crippen molar-refractivity contribution in [3.8, 4) is 5.75 Å². The average Bonchev–Trinajstić information content (AvgIpc) is 2.99. The van der Waals surface area contributed by atoms with E-state index in [1.165, 1.54) is 6.92 Å². The van der Waals surface area contributed by atoms with E-state index < -0.39 is 0 Å². The summed E-state index contributed by atoms with van der Waals surface area (Å²) in [6.45, 7) is 2.06. The van der Waals surface area contributed by atoms with Crippen LogP contribution in [0.25, 0.3) is 0 Å². The van der Waals surface area contributed by atoms with Crippen LogP contribution in [0.15, 0.2) is 42.5 Å². The zero-order chi connectivity index (χ0) is 16.4. The third-order valence-electron chi connectivity index (χ3n) is 3.87. The van der Waals surface area contributed by atoms with Gasteiger partial charge < -0.3 is 15.0 Å². The Kier molecular flexibility index (Phi) is 4.02. The Morgan fingerprint density at radius 3 is 2.70 bits per heavy atom. The van der Waals surface area contributed by atoms with Crippen LogP contribution in [-0.2, 0) is 11.2 Å². The molecule has 1 heterocycles. The Morgan fingerprint density at radius 1 is 1.17 bits per heavy atom. The number of amides is 2. The van der Waals surface area contributed by atoms with Crippen LogP contribution < -0.4 is 15.0 Å². The highest BCUT2D eigenvalue weighted by Crippen LogP contribution is 2.36. The summed E-state index contributed by atoms with van der Waals surface area (Å²) < 4.78 is 5.19. The predicted octanol–water partition coefficient (Wildman–Crippen LogP) is 2.86. The molecule has 118 valence electrons. The summed E-state index contributed by atoms with van der Waals surface area (Å²) in [6.07, 6.45) is 0.776. The second kappa shape index (κ2) is 6.12. The van der Waals surface area contributed by atoms with E-state index in [0.717, 1.165) is 17.7 Å². The molecule has 2 aromatic rings. The van der Waals surface area contributed by atoms with E-state index >= 15 is 0 Å². The maximum atomic E-state index is 12.9. The molecule has 0 aliphatic carbocycles. The molecule has 0 saturated heterocycles. The van der Waals surface area contributed by atoms with Crippen LogP contribution in [0.3, 0.4) is 0 Å². The number of hydrogen-bond donors (Lipinski definition) is 1. The first-order valence-electron chi connectivity index (χ1n) is 7.45. The van der Waals surface area contributed by atoms with Crippen LogP contribution in [0, 0.1) is 0 Å². The van der Waals surface area contributed by atoms with Crippen LogP contribution in [0.2, 0.25) is 0 Å². The number of methoxy groups -OCH3 is 1. The third kappa shape index (κ3) is 2.90. The van der Waals surface area contributed by atoms with Gasteiger partial charge in [0.2, 0.25) is 5.91 Å². The topological polar surface area (TPSA) is 58.6 Å². The molecule has 2 amide bonds. The molecule has 0 atom stereocenters. The van der Waals surface area contributed by atoms with Crippen molar-refractivity contribution in [2.24, 2.45) is 0 Å². The predicted molar refractivity (Wildman–Crippen MR) is 89.1 cm³/mol. The highest BCUT2D eigenvalue weighted by molar-refractivity contribution is 6.10. The van der Waals surface area contributed by atoms with Crippen LogP contribution in [-0.4, -0.2) is 25.5 Å². The molecule has 0 aromatic heterocycles. The standard InChI is InChI=1S/C18H18N2O3/c1-12(21)19-16-8-4-5-13-9-10-20(17(13)16)18(22)14-6-3-7-15(11-14)23-2/h3-8,11H,9-10H2,1-2H3,(H,19,21). The van der Waals surface area contributed by atoms with Gasteiger partial charge in [-0.2, -0.15) is 0 Å². The number of fused-ring (bicyclic) bond motifs is 1. The molecule has 1 aliphatic rings. The highest BCUT2D eigenvalue weighted by atomic mass is 16.5. The number of nitrogens with zero attached hydrogens (tertiary/aromatic N) is 1. The van der Waals surface area contributed by atoms with Crippen LogP contribution >= 0.6 is 0 Å². The summed E-state index contributed by atoms with van der Waals surface area (Å²) in [4.78, 5) is 26.0. The zero-order valence-electron chi connectivity index (χ0n) is 13.1. The van der Waals surface area contributed by atoms with Crippen LogP contribution in [0.4, 0.5) is 11.4 Å². The Labute approximate surface area is 134 Å². The first-order chi connectivity index (χ1) is 11.1. The van der Waals surface area contributed by atoms with E-state index in [1.807, 2.05) is 18.2 Å². The van der Waals surface area contributed by atoms with Gasteiger partial charge in [-0.3, -0.25) is 9.59 Å². The molecule has 1 aliphatic heterocycles. The third-order valence-corrected chi connectivity index (χ3v) is 3.87. The molecule has 2 aromatic carbocycles. The molecular weight excluding hydrogens is 292 g/mol. The molecule has 1 N–H and O–H groups in total. The van der Waals surface area contributed by atoms with Crippen molar-refractivity contribution < 1.29 is 14.3 Å². The summed E-state index contributed by atoms with van der Waals surface area (Å²) in [5, 5.41) is 2.81. The molecule has 3 rings (SSSR count). The lowest BCUT2D eigenvalue weighted by Gasteiger charge is -2.20. The Balaban J connectivity index is 1.98. The number of hydrogen-bond acceptors (Lipinski definition) is 3. The van der Waals surface area contributed by atoms with Crippen LogP contribution in [0.5, 0.6) is 5.75 Å². The monoisotopic (exact) mass is 310 g/mol. The minimum atomic E-state index is -0.154. The van der Waals surface area contributed by atoms with Crippen molar-refractivity contribution >= 4 is 23.2 Å². The lowest BCUT2D eigenvalue weighted by Crippen LogP contribution is -2.29. The van der Waals surface area contributed by atoms with Gasteiger partial charge in [-0.1, -0.05) is 18.2 Å². The molecule has 0 fully saturated rings. The summed E-state index contributed by atoms with van der Waals surface area (Å²) in [5.41, 5.74) is 3.08. The highest BCUT2D eigenvalue weighted by Gasteiger charge is 2.28. The van der Waals surface area contributed by atoms with Gasteiger partial charge in [-0.05, 0) is 36.2 Å². The Morgan fingerprint density at radius 2 is 1.96 bits per heavy atom. The molecule has 0 saturated carbocycles. The fourth-order valence-electron chi connectivity index (χ4n) is 2.86. The quantitative estimate of drug-likeness (QED) is 0.948. The van der Waals surface area contributed by atoms with E-state index in [1.54, 1.807) is 36.3 Å². The normalized spacial score (nSPS) is 12.7. The molecule has 23 heavy (non-hydrogen) atoms. The summed E-state index contributed by atoms with van der Waals surface area (Å²) >= 11 is 0. The van der Waals surface area contributed by atoms with E-state index in [9.17, 15) is 9.59 Å². The first-order valence-corrected chi connectivity index (χ1v) is 7.45. The van der Waals surface area contributed by atoms with Crippen molar-refractivity contribution in [3.63, 3.8) is 0 Å². The lowest BCUT2D eigenvalue weighted by molar-refractivity contribution is -0.114. The fourth-order valence-corrected chi connectivity index (χ4v) is 2.86. The minimum Gasteiger partial charge on any atom is -0.497 e. The SMILES string of the molecule is COc1cccc(C(=O)N2CCc3cccc(NC(C)=O)c32)c1. The number of rotatable bonds is 3. The van der Waals surface area contributed by atoms with E-state index in [0.29, 0.717) is 23.5 Å². The Bertz CT molecular complexity index is 771. The molecule has 0 bridgehead atoms. The number of carbonyl (C=O) groups is 2. The summed E-state index contributed by atoms with van der Waals surface area (Å²) in [5.74, 6) is 0.393. The molecule has 0 radical (unpaired) electrons. The van der Waals surface area contributed by atoms with E-state index in [2.05, 4.69) is 5.32 Å². The number of benzene rings is 2. The second-order valence-electron chi connectivity index (χ2n) is 5.43. The van der Waals surface area contributed by atoms with Crippen LogP contribution in [0.1, 0.15) is 22.8 Å². The summed E-state index contributed by atoms with van der Waals surface area (Å²) in [6, 6.07) is 12.8. The van der Waals surface area contributed by atoms with Crippen molar-refractivity contribution in [1.82, 2.24) is 0 Å². The molecule has 0 spiro atoms. The maximum Gasteiger partial charge on any atom is 0.258 e. The van der Waals surface area contributed by atoms with Crippen molar-refractivity contribution in [3.05, 3.63) is 53.6 Å². The maximum absolute atomic E-state index is 12.9. The number of para-hydroxylation sites is 1. The van der Waals surface area contributed by atoms with Gasteiger partial charge in [0, 0.05) is 19.0 Å². The smallest absolute Gasteiger partial charge is 0.258 e. The number of ether oxygens (including phenoxy) is 1. The minimum absolute atomic E-state index is 0.0968. The van der Waals surface area contributed by atoms with Gasteiger partial charge in [-0.15, -0.1) is 0 Å². The molecule has 0 unspecified atom stereocenters. The number of anilines is 2. The van der Waals surface area contributed by atoms with Gasteiger partial charge in [0.15, 0.2) is 0 Å². The van der Waals surface area contributed by atoms with Crippen molar-refractivity contribution in [1.29, 1.82) is 0 Å². The van der Waals surface area contributed by atoms with Gasteiger partial charge in [-0.25, -0.2) is 0 Å². The number of carbonyl (C=O) groups excluding carboxylic acids is 2. The summed E-state index contributed by atoms with van der Waals surface area (Å²) in [7, 11) is 1.57. The number of nitrogens with one attached hydrogen (secondary N) is 1. The average molecular weight is 310 g/mol. The molecule has 5 nitrogen and oxygen atoms in total. The van der Waals surface area contributed by atoms with Gasteiger partial charge in [0.25, 0.3) is 5.91 Å². The molecular formula is C18H18N2O3. The van der Waals surface area contributed by atoms with Gasteiger partial charge >= 0.3 is 0 Å². The van der Waals surface area contributed by atoms with E-state index in [4.69, 9.17) is 4.74 Å². The first kappa shape index (κ1) is 15.1. The molecule has 5 heteroatoms. The van der Waals surface area contributed by atoms with E-state index in [-0.39, 0.29) is 11.8 Å². The van der Waals surface area contributed by atoms with Gasteiger partial charge in [0.1, 0.15) is 5.75 Å². The fraction of sp³-hybridized carbons (Fsp3) is 0.222. The second-order valence-corrected chi connectivity index (χ2v) is 5.43. The Hall–Kier alpha value is -2.82. The largest absolute Gasteiger partial charge is 0.497 e. The van der Waals surface area contributed by atoms with Crippen molar-refractivity contribution in [2.45, 2.75) is 13.3 Å². The lowest BCUT2D eigenvalue weighted by atomic mass is 10.1. The van der Waals surface area contributed by atoms with Crippen molar-refractivity contribution in [2.75, 3.05) is 23.9 Å². The van der Waals surface area contributed by atoms with Gasteiger partial charge in [0.05, 0.1) is 18.5 Å². The zero-order valence-corrected chi connectivity index (χ0v) is 13.1.